The number of fused-ring (bicyclic) bond motifs is 1. The molecule has 1 unspecified atom stereocenters. The Bertz CT molecular complexity index is 580. The van der Waals surface area contributed by atoms with Crippen molar-refractivity contribution in [2.24, 2.45) is 11.8 Å². The van der Waals surface area contributed by atoms with Gasteiger partial charge >= 0.3 is 0 Å². The molecule has 0 fully saturated rings. The van der Waals surface area contributed by atoms with Crippen molar-refractivity contribution in [3.8, 4) is 0 Å². The summed E-state index contributed by atoms with van der Waals surface area (Å²) in [6, 6.07) is 5.73. The van der Waals surface area contributed by atoms with Gasteiger partial charge in [-0.3, -0.25) is 9.59 Å². The van der Waals surface area contributed by atoms with Crippen molar-refractivity contribution in [2.45, 2.75) is 45.4 Å². The molecule has 0 aromatic heterocycles. The summed E-state index contributed by atoms with van der Waals surface area (Å²) < 4.78 is 0. The average Bonchev–Trinajstić information content (AvgIpc) is 2.87. The first-order valence-corrected chi connectivity index (χ1v) is 8.84. The van der Waals surface area contributed by atoms with Gasteiger partial charge < -0.3 is 4.90 Å². The molecule has 0 saturated heterocycles. The maximum absolute atomic E-state index is 12.4. The maximum Gasteiger partial charge on any atom is 0.227 e. The smallest absolute Gasteiger partial charge is 0.227 e. The van der Waals surface area contributed by atoms with Gasteiger partial charge in [-0.1, -0.05) is 43.6 Å². The van der Waals surface area contributed by atoms with E-state index < -0.39 is 0 Å². The molecule has 1 aliphatic rings. The van der Waals surface area contributed by atoms with Crippen LogP contribution in [0.4, 0.5) is 5.69 Å². The van der Waals surface area contributed by atoms with Crippen LogP contribution in [0.25, 0.3) is 0 Å². The number of rotatable bonds is 5. The molecule has 1 aromatic rings. The van der Waals surface area contributed by atoms with E-state index in [1.807, 2.05) is 36.9 Å². The van der Waals surface area contributed by atoms with Crippen LogP contribution in [0.3, 0.4) is 0 Å². The molecule has 0 spiro atoms. The van der Waals surface area contributed by atoms with E-state index in [-0.39, 0.29) is 22.4 Å². The molecule has 4 heteroatoms. The fraction of sp³-hybridized carbons (Fsp3) is 0.556. The molecule has 0 bridgehead atoms. The minimum absolute atomic E-state index is 0.116. The van der Waals surface area contributed by atoms with E-state index in [1.54, 1.807) is 0 Å². The Morgan fingerprint density at radius 3 is 2.50 bits per heavy atom. The fourth-order valence-corrected chi connectivity index (χ4v) is 3.00. The molecule has 1 heterocycles. The Morgan fingerprint density at radius 2 is 1.91 bits per heavy atom. The van der Waals surface area contributed by atoms with E-state index in [9.17, 15) is 9.59 Å². The van der Waals surface area contributed by atoms with Gasteiger partial charge in [-0.15, -0.1) is 0 Å². The van der Waals surface area contributed by atoms with E-state index >= 15 is 0 Å². The van der Waals surface area contributed by atoms with Crippen LogP contribution in [0.1, 0.15) is 50.0 Å². The average molecular weight is 366 g/mol. The lowest BCUT2D eigenvalue weighted by Crippen LogP contribution is -2.29. The first kappa shape index (κ1) is 17.2. The second-order valence-electron chi connectivity index (χ2n) is 6.75. The third-order valence-electron chi connectivity index (χ3n) is 3.98. The van der Waals surface area contributed by atoms with Gasteiger partial charge in [-0.2, -0.15) is 0 Å². The number of ketones is 1. The second kappa shape index (κ2) is 6.95. The van der Waals surface area contributed by atoms with Gasteiger partial charge in [0.25, 0.3) is 0 Å². The highest BCUT2D eigenvalue weighted by atomic mass is 79.9. The summed E-state index contributed by atoms with van der Waals surface area (Å²) in [5.41, 5.74) is 2.80. The predicted octanol–water partition coefficient (Wildman–Crippen LogP) is 4.22. The van der Waals surface area contributed by atoms with Crippen LogP contribution in [0, 0.1) is 11.8 Å². The van der Waals surface area contributed by atoms with Gasteiger partial charge in [0.2, 0.25) is 5.91 Å². The number of benzene rings is 1. The van der Waals surface area contributed by atoms with Crippen molar-refractivity contribution in [2.75, 3.05) is 11.4 Å². The molecule has 120 valence electrons. The summed E-state index contributed by atoms with van der Waals surface area (Å²) >= 11 is 3.47. The monoisotopic (exact) mass is 365 g/mol. The topological polar surface area (TPSA) is 37.4 Å². The zero-order valence-electron chi connectivity index (χ0n) is 13.7. The van der Waals surface area contributed by atoms with Crippen molar-refractivity contribution in [3.63, 3.8) is 0 Å². The molecule has 3 nitrogen and oxygen atoms in total. The summed E-state index contributed by atoms with van der Waals surface area (Å²) in [7, 11) is 0. The number of carbonyl (C=O) groups excluding carboxylic acids is 2. The van der Waals surface area contributed by atoms with Gasteiger partial charge in [0.15, 0.2) is 5.78 Å². The minimum Gasteiger partial charge on any atom is -0.312 e. The predicted molar refractivity (Wildman–Crippen MR) is 93.8 cm³/mol. The Balaban J connectivity index is 2.20. The molecular formula is C18H24BrNO2. The van der Waals surface area contributed by atoms with Crippen molar-refractivity contribution in [3.05, 3.63) is 29.3 Å². The van der Waals surface area contributed by atoms with Crippen molar-refractivity contribution < 1.29 is 9.59 Å². The van der Waals surface area contributed by atoms with Crippen LogP contribution >= 0.6 is 15.9 Å². The van der Waals surface area contributed by atoms with Gasteiger partial charge in [-0.05, 0) is 42.0 Å². The third-order valence-corrected chi connectivity index (χ3v) is 5.45. The lowest BCUT2D eigenvalue weighted by atomic mass is 9.98. The largest absolute Gasteiger partial charge is 0.312 e. The summed E-state index contributed by atoms with van der Waals surface area (Å²) in [6.07, 6.45) is 1.39. The van der Waals surface area contributed by atoms with Crippen molar-refractivity contribution in [1.29, 1.82) is 0 Å². The first-order chi connectivity index (χ1) is 10.3. The van der Waals surface area contributed by atoms with E-state index in [1.165, 1.54) is 0 Å². The lowest BCUT2D eigenvalue weighted by Gasteiger charge is -2.19. The standard InChI is InChI=1S/C18H24BrNO2/c1-11(2)9-16(21)20-8-7-13-10-14(5-6-15(13)20)18(22)17(19)12(3)4/h5-6,10-12,17H,7-9H2,1-4H3. The quantitative estimate of drug-likeness (QED) is 0.578. The Kier molecular flexibility index (Phi) is 5.43. The molecule has 1 atom stereocenters. The number of hydrogen-bond donors (Lipinski definition) is 0. The maximum atomic E-state index is 12.4. The number of anilines is 1. The number of carbonyl (C=O) groups is 2. The normalized spacial score (nSPS) is 15.3. The summed E-state index contributed by atoms with van der Waals surface area (Å²) in [5, 5.41) is 0. The molecule has 0 saturated carbocycles. The van der Waals surface area contributed by atoms with Crippen LogP contribution in [0.5, 0.6) is 0 Å². The summed E-state index contributed by atoms with van der Waals surface area (Å²) in [4.78, 5) is 26.4. The Hall–Kier alpha value is -1.16. The summed E-state index contributed by atoms with van der Waals surface area (Å²) in [6.45, 7) is 8.88. The minimum atomic E-state index is -0.161. The number of nitrogens with zero attached hydrogens (tertiary/aromatic N) is 1. The molecule has 0 aliphatic carbocycles. The number of hydrogen-bond acceptors (Lipinski definition) is 2. The van der Waals surface area contributed by atoms with Gasteiger partial charge in [0.1, 0.15) is 0 Å². The van der Waals surface area contributed by atoms with Gasteiger partial charge in [0, 0.05) is 24.2 Å². The second-order valence-corrected chi connectivity index (χ2v) is 7.73. The zero-order valence-corrected chi connectivity index (χ0v) is 15.3. The molecular weight excluding hydrogens is 342 g/mol. The van der Waals surface area contributed by atoms with E-state index in [2.05, 4.69) is 29.8 Å². The molecule has 0 radical (unpaired) electrons. The van der Waals surface area contributed by atoms with Crippen molar-refractivity contribution >= 4 is 33.3 Å². The lowest BCUT2D eigenvalue weighted by molar-refractivity contribution is -0.119. The number of Topliss-reactive ketones (excluding diaryl/α,β-unsaturated/α-hetero) is 1. The molecule has 1 aromatic carbocycles. The number of amides is 1. The van der Waals surface area contributed by atoms with Crippen LogP contribution < -0.4 is 4.90 Å². The highest BCUT2D eigenvalue weighted by Gasteiger charge is 2.27. The van der Waals surface area contributed by atoms with E-state index in [4.69, 9.17) is 0 Å². The van der Waals surface area contributed by atoms with Crippen LogP contribution in [0.2, 0.25) is 0 Å². The first-order valence-electron chi connectivity index (χ1n) is 7.92. The number of alkyl halides is 1. The molecule has 1 aliphatic heterocycles. The Morgan fingerprint density at radius 1 is 1.23 bits per heavy atom. The van der Waals surface area contributed by atoms with Gasteiger partial charge in [-0.25, -0.2) is 0 Å². The van der Waals surface area contributed by atoms with E-state index in [0.29, 0.717) is 12.3 Å². The molecule has 0 N–H and O–H groups in total. The fourth-order valence-electron chi connectivity index (χ4n) is 2.74. The van der Waals surface area contributed by atoms with Crippen LogP contribution in [0.15, 0.2) is 18.2 Å². The highest BCUT2D eigenvalue weighted by molar-refractivity contribution is 9.10. The SMILES string of the molecule is CC(C)CC(=O)N1CCc2cc(C(=O)C(Br)C(C)C)ccc21. The van der Waals surface area contributed by atoms with Crippen LogP contribution in [-0.4, -0.2) is 23.1 Å². The van der Waals surface area contributed by atoms with Gasteiger partial charge in [0.05, 0.1) is 4.83 Å². The molecule has 22 heavy (non-hydrogen) atoms. The summed E-state index contributed by atoms with van der Waals surface area (Å²) in [5.74, 6) is 0.903. The number of halogens is 1. The van der Waals surface area contributed by atoms with E-state index in [0.717, 1.165) is 29.8 Å². The van der Waals surface area contributed by atoms with Crippen molar-refractivity contribution in [1.82, 2.24) is 0 Å². The third kappa shape index (κ3) is 3.60. The Labute approximate surface area is 141 Å². The molecule has 1 amide bonds. The highest BCUT2D eigenvalue weighted by Crippen LogP contribution is 2.31. The zero-order chi connectivity index (χ0) is 16.4. The van der Waals surface area contributed by atoms with Crippen LogP contribution in [-0.2, 0) is 11.2 Å². The molecule has 2 rings (SSSR count).